The van der Waals surface area contributed by atoms with Crippen LogP contribution in [-0.4, -0.2) is 59.5 Å². The zero-order valence-electron chi connectivity index (χ0n) is 17.5. The first-order valence-corrected chi connectivity index (χ1v) is 10.8. The normalized spacial score (nSPS) is 14.4. The summed E-state index contributed by atoms with van der Waals surface area (Å²) in [5, 5.41) is 4.74. The van der Waals surface area contributed by atoms with E-state index in [0.29, 0.717) is 43.2 Å². The van der Waals surface area contributed by atoms with Crippen LogP contribution in [0.2, 0.25) is 0 Å². The van der Waals surface area contributed by atoms with Crippen LogP contribution in [0.1, 0.15) is 46.4 Å². The SMILES string of the molecule is CC(C)(C)OC(=O)N1CCN(C(=O)c2ccc(CNC(=O)c3cccs3)cc2)CC1. The summed E-state index contributed by atoms with van der Waals surface area (Å²) in [7, 11) is 0. The van der Waals surface area contributed by atoms with Crippen LogP contribution in [0.15, 0.2) is 41.8 Å². The molecule has 0 bridgehead atoms. The van der Waals surface area contributed by atoms with Crippen LogP contribution in [0.25, 0.3) is 0 Å². The number of thiophene rings is 1. The lowest BCUT2D eigenvalue weighted by Gasteiger charge is -2.35. The largest absolute Gasteiger partial charge is 0.444 e. The third kappa shape index (κ3) is 5.82. The van der Waals surface area contributed by atoms with E-state index in [0.717, 1.165) is 5.56 Å². The summed E-state index contributed by atoms with van der Waals surface area (Å²) in [5.74, 6) is -0.166. The molecule has 160 valence electrons. The standard InChI is InChI=1S/C22H27N3O4S/c1-22(2,3)29-21(28)25-12-10-24(11-13-25)20(27)17-8-6-16(7-9-17)15-23-19(26)18-5-4-14-30-18/h4-9,14H,10-13,15H2,1-3H3,(H,23,26). The van der Waals surface area contributed by atoms with Gasteiger partial charge in [-0.15, -0.1) is 11.3 Å². The fraction of sp³-hybridized carbons (Fsp3) is 0.409. The van der Waals surface area contributed by atoms with Crippen LogP contribution in [-0.2, 0) is 11.3 Å². The number of carbonyl (C=O) groups excluding carboxylic acids is 3. The maximum atomic E-state index is 12.8. The van der Waals surface area contributed by atoms with Crippen molar-refractivity contribution in [2.24, 2.45) is 0 Å². The molecule has 0 aliphatic carbocycles. The number of ether oxygens (including phenoxy) is 1. The highest BCUT2D eigenvalue weighted by molar-refractivity contribution is 7.12. The van der Waals surface area contributed by atoms with Gasteiger partial charge in [0.25, 0.3) is 11.8 Å². The Morgan fingerprint density at radius 2 is 1.63 bits per heavy atom. The van der Waals surface area contributed by atoms with E-state index in [2.05, 4.69) is 5.32 Å². The van der Waals surface area contributed by atoms with Crippen molar-refractivity contribution in [1.82, 2.24) is 15.1 Å². The summed E-state index contributed by atoms with van der Waals surface area (Å²) in [6, 6.07) is 10.9. The van der Waals surface area contributed by atoms with Gasteiger partial charge in [-0.3, -0.25) is 9.59 Å². The van der Waals surface area contributed by atoms with Crippen LogP contribution < -0.4 is 5.32 Å². The molecule has 0 saturated carbocycles. The number of hydrogen-bond donors (Lipinski definition) is 1. The van der Waals surface area contributed by atoms with Gasteiger partial charge < -0.3 is 19.9 Å². The Balaban J connectivity index is 1.49. The highest BCUT2D eigenvalue weighted by atomic mass is 32.1. The topological polar surface area (TPSA) is 79.0 Å². The van der Waals surface area contributed by atoms with Crippen LogP contribution in [0.3, 0.4) is 0 Å². The van der Waals surface area contributed by atoms with Crippen LogP contribution in [0.4, 0.5) is 4.79 Å². The maximum absolute atomic E-state index is 12.8. The number of amides is 3. The van der Waals surface area contributed by atoms with Gasteiger partial charge in [0.15, 0.2) is 0 Å². The molecule has 7 nitrogen and oxygen atoms in total. The van der Waals surface area contributed by atoms with Crippen molar-refractivity contribution in [2.75, 3.05) is 26.2 Å². The first kappa shape index (κ1) is 21.8. The number of hydrogen-bond acceptors (Lipinski definition) is 5. The van der Waals surface area contributed by atoms with Gasteiger partial charge >= 0.3 is 6.09 Å². The van der Waals surface area contributed by atoms with Gasteiger partial charge in [-0.1, -0.05) is 18.2 Å². The van der Waals surface area contributed by atoms with Crippen LogP contribution in [0.5, 0.6) is 0 Å². The van der Waals surface area contributed by atoms with E-state index in [-0.39, 0.29) is 17.9 Å². The Labute approximate surface area is 180 Å². The second-order valence-corrected chi connectivity index (χ2v) is 9.06. The monoisotopic (exact) mass is 429 g/mol. The molecule has 2 heterocycles. The summed E-state index contributed by atoms with van der Waals surface area (Å²) in [5.41, 5.74) is 0.981. The minimum absolute atomic E-state index is 0.0620. The number of piperazine rings is 1. The zero-order chi connectivity index (χ0) is 21.7. The molecule has 1 saturated heterocycles. The summed E-state index contributed by atoms with van der Waals surface area (Å²) in [4.78, 5) is 41.0. The lowest BCUT2D eigenvalue weighted by molar-refractivity contribution is 0.0141. The van der Waals surface area contributed by atoms with Gasteiger partial charge in [0.2, 0.25) is 0 Å². The average Bonchev–Trinajstić information content (AvgIpc) is 3.26. The highest BCUT2D eigenvalue weighted by Crippen LogP contribution is 2.14. The van der Waals surface area contributed by atoms with E-state index in [9.17, 15) is 14.4 Å². The lowest BCUT2D eigenvalue weighted by atomic mass is 10.1. The minimum Gasteiger partial charge on any atom is -0.444 e. The van der Waals surface area contributed by atoms with E-state index < -0.39 is 5.60 Å². The fourth-order valence-corrected chi connectivity index (χ4v) is 3.68. The predicted molar refractivity (Wildman–Crippen MR) is 116 cm³/mol. The van der Waals surface area contributed by atoms with Crippen molar-refractivity contribution in [1.29, 1.82) is 0 Å². The van der Waals surface area contributed by atoms with Crippen LogP contribution >= 0.6 is 11.3 Å². The highest BCUT2D eigenvalue weighted by Gasteiger charge is 2.28. The third-order valence-electron chi connectivity index (χ3n) is 4.62. The molecule has 1 aliphatic heterocycles. The van der Waals surface area contributed by atoms with Crippen molar-refractivity contribution in [3.05, 3.63) is 57.8 Å². The molecule has 3 rings (SSSR count). The van der Waals surface area contributed by atoms with E-state index >= 15 is 0 Å². The van der Waals surface area contributed by atoms with Gasteiger partial charge in [-0.05, 0) is 49.9 Å². The Bertz CT molecular complexity index is 880. The Hall–Kier alpha value is -2.87. The van der Waals surface area contributed by atoms with Crippen molar-refractivity contribution in [3.63, 3.8) is 0 Å². The number of carbonyl (C=O) groups is 3. The van der Waals surface area contributed by atoms with Gasteiger partial charge in [-0.2, -0.15) is 0 Å². The summed E-state index contributed by atoms with van der Waals surface area (Å²) >= 11 is 1.40. The molecule has 1 aromatic carbocycles. The smallest absolute Gasteiger partial charge is 0.410 e. The Morgan fingerprint density at radius 3 is 2.20 bits per heavy atom. The van der Waals surface area contributed by atoms with Crippen molar-refractivity contribution < 1.29 is 19.1 Å². The van der Waals surface area contributed by atoms with Gasteiger partial charge in [0.1, 0.15) is 5.60 Å². The molecule has 1 N–H and O–H groups in total. The second kappa shape index (κ2) is 9.30. The van der Waals surface area contributed by atoms with E-state index in [1.807, 2.05) is 44.4 Å². The summed E-state index contributed by atoms with van der Waals surface area (Å²) in [6.45, 7) is 7.75. The van der Waals surface area contributed by atoms with E-state index in [1.165, 1.54) is 11.3 Å². The Kier molecular flexibility index (Phi) is 6.77. The molecule has 1 fully saturated rings. The molecular weight excluding hydrogens is 402 g/mol. The molecule has 30 heavy (non-hydrogen) atoms. The molecule has 1 aliphatic rings. The lowest BCUT2D eigenvalue weighted by Crippen LogP contribution is -2.51. The molecule has 0 unspecified atom stereocenters. The molecular formula is C22H27N3O4S. The number of nitrogens with zero attached hydrogens (tertiary/aromatic N) is 2. The molecule has 0 atom stereocenters. The van der Waals surface area contributed by atoms with Crippen molar-refractivity contribution in [2.45, 2.75) is 32.9 Å². The molecule has 0 spiro atoms. The average molecular weight is 430 g/mol. The molecule has 1 aromatic heterocycles. The summed E-state index contributed by atoms with van der Waals surface area (Å²) in [6.07, 6.45) is -0.344. The number of nitrogens with one attached hydrogen (secondary N) is 1. The van der Waals surface area contributed by atoms with Crippen LogP contribution in [0, 0.1) is 0 Å². The number of benzene rings is 1. The van der Waals surface area contributed by atoms with E-state index in [1.54, 1.807) is 28.0 Å². The Morgan fingerprint density at radius 1 is 1.00 bits per heavy atom. The number of rotatable bonds is 4. The first-order valence-electron chi connectivity index (χ1n) is 9.91. The predicted octanol–water partition coefficient (Wildman–Crippen LogP) is 3.37. The molecule has 0 radical (unpaired) electrons. The van der Waals surface area contributed by atoms with Crippen molar-refractivity contribution >= 4 is 29.2 Å². The van der Waals surface area contributed by atoms with Gasteiger partial charge in [0, 0.05) is 38.3 Å². The quantitative estimate of drug-likeness (QED) is 0.808. The molecule has 2 aromatic rings. The molecule has 3 amide bonds. The third-order valence-corrected chi connectivity index (χ3v) is 5.49. The van der Waals surface area contributed by atoms with E-state index in [4.69, 9.17) is 4.74 Å². The van der Waals surface area contributed by atoms with Gasteiger partial charge in [-0.25, -0.2) is 4.79 Å². The zero-order valence-corrected chi connectivity index (χ0v) is 18.3. The molecule has 8 heteroatoms. The van der Waals surface area contributed by atoms with Gasteiger partial charge in [0.05, 0.1) is 4.88 Å². The maximum Gasteiger partial charge on any atom is 0.410 e. The fourth-order valence-electron chi connectivity index (χ4n) is 3.04. The van der Waals surface area contributed by atoms with Crippen molar-refractivity contribution in [3.8, 4) is 0 Å². The summed E-state index contributed by atoms with van der Waals surface area (Å²) < 4.78 is 5.39. The second-order valence-electron chi connectivity index (χ2n) is 8.12. The first-order chi connectivity index (χ1) is 14.2. The minimum atomic E-state index is -0.533.